The molecule has 0 aliphatic carbocycles. The zero-order valence-corrected chi connectivity index (χ0v) is 18.1. The smallest absolute Gasteiger partial charge is 0.141 e. The summed E-state index contributed by atoms with van der Waals surface area (Å²) < 4.78 is 8.54. The minimum atomic E-state index is 0.401. The van der Waals surface area contributed by atoms with Gasteiger partial charge in [0.25, 0.3) is 0 Å². The molecule has 0 amide bonds. The summed E-state index contributed by atoms with van der Waals surface area (Å²) >= 11 is 0. The lowest BCUT2D eigenvalue weighted by molar-refractivity contribution is 0.669. The fourth-order valence-electron chi connectivity index (χ4n) is 5.05. The highest BCUT2D eigenvalue weighted by molar-refractivity contribution is 6.24. The van der Waals surface area contributed by atoms with E-state index in [-0.39, 0.29) is 0 Å². The third kappa shape index (κ3) is 2.55. The zero-order valence-electron chi connectivity index (χ0n) is 18.1. The average Bonchev–Trinajstić information content (AvgIpc) is 3.44. The fourth-order valence-corrected chi connectivity index (χ4v) is 5.05. The molecule has 158 valence electrons. The van der Waals surface area contributed by atoms with Crippen LogP contribution in [0.4, 0.5) is 0 Å². The number of fused-ring (bicyclic) bond motifs is 7. The van der Waals surface area contributed by atoms with Crippen LogP contribution >= 0.6 is 0 Å². The molecule has 0 bridgehead atoms. The summed E-state index contributed by atoms with van der Waals surface area (Å²) in [6, 6.07) is 36.8. The van der Waals surface area contributed by atoms with Crippen molar-refractivity contribution < 1.29 is 4.42 Å². The van der Waals surface area contributed by atoms with Gasteiger partial charge in [-0.25, -0.2) is 4.98 Å². The van der Waals surface area contributed by atoms with Gasteiger partial charge in [0.05, 0.1) is 27.8 Å². The summed E-state index contributed by atoms with van der Waals surface area (Å²) in [5.41, 5.74) is 7.09. The molecular formula is C30H17N3O. The molecule has 0 aliphatic rings. The van der Waals surface area contributed by atoms with E-state index < -0.39 is 0 Å². The van der Waals surface area contributed by atoms with E-state index in [9.17, 15) is 5.26 Å². The third-order valence-corrected chi connectivity index (χ3v) is 6.46. The second-order valence-corrected chi connectivity index (χ2v) is 8.32. The lowest BCUT2D eigenvalue weighted by atomic mass is 10.1. The second-order valence-electron chi connectivity index (χ2n) is 8.32. The SMILES string of the molecule is N#Cc1cccc(-c2ccccc2-n2c3ccccc3c3ccc4oc5ccccc5c4c32)n1. The maximum atomic E-state index is 9.41. The lowest BCUT2D eigenvalue weighted by Crippen LogP contribution is -1.99. The van der Waals surface area contributed by atoms with Crippen LogP contribution in [0.3, 0.4) is 0 Å². The van der Waals surface area contributed by atoms with E-state index in [0.29, 0.717) is 5.69 Å². The van der Waals surface area contributed by atoms with E-state index >= 15 is 0 Å². The summed E-state index contributed by atoms with van der Waals surface area (Å²) in [7, 11) is 0. The number of nitriles is 1. The Bertz CT molecular complexity index is 1930. The van der Waals surface area contributed by atoms with Crippen LogP contribution in [-0.2, 0) is 0 Å². The summed E-state index contributed by atoms with van der Waals surface area (Å²) in [6.07, 6.45) is 0. The van der Waals surface area contributed by atoms with E-state index in [1.165, 1.54) is 10.8 Å². The van der Waals surface area contributed by atoms with Crippen molar-refractivity contribution in [3.8, 4) is 23.0 Å². The Hall–Kier alpha value is -4.88. The number of furan rings is 1. The minimum absolute atomic E-state index is 0.401. The molecule has 7 rings (SSSR count). The van der Waals surface area contributed by atoms with Gasteiger partial charge in [-0.1, -0.05) is 60.7 Å². The lowest BCUT2D eigenvalue weighted by Gasteiger charge is -2.14. The predicted molar refractivity (Wildman–Crippen MR) is 136 cm³/mol. The Morgan fingerprint density at radius 1 is 0.676 bits per heavy atom. The van der Waals surface area contributed by atoms with Crippen LogP contribution < -0.4 is 0 Å². The molecule has 0 saturated heterocycles. The molecule has 4 heteroatoms. The number of hydrogen-bond donors (Lipinski definition) is 0. The van der Waals surface area contributed by atoms with Gasteiger partial charge in [-0.05, 0) is 42.5 Å². The van der Waals surface area contributed by atoms with Crippen molar-refractivity contribution in [3.63, 3.8) is 0 Å². The Balaban J connectivity index is 1.69. The van der Waals surface area contributed by atoms with Crippen molar-refractivity contribution in [1.82, 2.24) is 9.55 Å². The van der Waals surface area contributed by atoms with Crippen LogP contribution in [0.15, 0.2) is 108 Å². The largest absolute Gasteiger partial charge is 0.456 e. The van der Waals surface area contributed by atoms with Crippen molar-refractivity contribution in [2.24, 2.45) is 0 Å². The normalized spacial score (nSPS) is 11.5. The van der Waals surface area contributed by atoms with Gasteiger partial charge < -0.3 is 8.98 Å². The number of rotatable bonds is 2. The fraction of sp³-hybridized carbons (Fsp3) is 0. The molecule has 3 heterocycles. The molecule has 0 radical (unpaired) electrons. The van der Waals surface area contributed by atoms with E-state index in [0.717, 1.165) is 49.9 Å². The van der Waals surface area contributed by atoms with E-state index in [1.807, 2.05) is 42.5 Å². The van der Waals surface area contributed by atoms with Crippen LogP contribution in [-0.4, -0.2) is 9.55 Å². The highest BCUT2D eigenvalue weighted by atomic mass is 16.3. The minimum Gasteiger partial charge on any atom is -0.456 e. The Labute approximate surface area is 194 Å². The Morgan fingerprint density at radius 2 is 1.47 bits per heavy atom. The first-order valence-electron chi connectivity index (χ1n) is 11.1. The van der Waals surface area contributed by atoms with Crippen LogP contribution in [0.5, 0.6) is 0 Å². The monoisotopic (exact) mass is 435 g/mol. The Kier molecular flexibility index (Phi) is 3.88. The third-order valence-electron chi connectivity index (χ3n) is 6.46. The van der Waals surface area contributed by atoms with Crippen molar-refractivity contribution in [3.05, 3.63) is 109 Å². The molecule has 0 unspecified atom stereocenters. The molecule has 0 spiro atoms. The average molecular weight is 435 g/mol. The number of para-hydroxylation sites is 3. The summed E-state index contributed by atoms with van der Waals surface area (Å²) in [5.74, 6) is 0. The highest BCUT2D eigenvalue weighted by Gasteiger charge is 2.20. The van der Waals surface area contributed by atoms with E-state index in [4.69, 9.17) is 4.42 Å². The molecule has 7 aromatic rings. The van der Waals surface area contributed by atoms with E-state index in [1.54, 1.807) is 6.07 Å². The summed E-state index contributed by atoms with van der Waals surface area (Å²) in [4.78, 5) is 4.60. The topological polar surface area (TPSA) is 54.8 Å². The summed E-state index contributed by atoms with van der Waals surface area (Å²) in [5, 5.41) is 13.9. The quantitative estimate of drug-likeness (QED) is 0.281. The van der Waals surface area contributed by atoms with Gasteiger partial charge in [0.2, 0.25) is 0 Å². The molecule has 34 heavy (non-hydrogen) atoms. The van der Waals surface area contributed by atoms with Gasteiger partial charge >= 0.3 is 0 Å². The summed E-state index contributed by atoms with van der Waals surface area (Å²) in [6.45, 7) is 0. The maximum absolute atomic E-state index is 9.41. The molecule has 3 aromatic heterocycles. The van der Waals surface area contributed by atoms with Crippen molar-refractivity contribution in [2.45, 2.75) is 0 Å². The van der Waals surface area contributed by atoms with Crippen molar-refractivity contribution in [1.29, 1.82) is 5.26 Å². The maximum Gasteiger partial charge on any atom is 0.141 e. The van der Waals surface area contributed by atoms with Crippen molar-refractivity contribution >= 4 is 43.7 Å². The molecule has 0 atom stereocenters. The van der Waals surface area contributed by atoms with Crippen LogP contribution in [0, 0.1) is 11.3 Å². The van der Waals surface area contributed by atoms with Gasteiger partial charge in [-0.15, -0.1) is 0 Å². The van der Waals surface area contributed by atoms with Gasteiger partial charge in [-0.3, -0.25) is 0 Å². The first kappa shape index (κ1) is 18.7. The molecule has 0 saturated carbocycles. The standard InChI is InChI=1S/C30H17N3O/c31-18-19-8-7-12-24(32-19)22-10-2-5-14-26(22)33-25-13-4-1-9-20(25)21-16-17-28-29(30(21)33)23-11-3-6-15-27(23)34-28/h1-17H. The van der Waals surface area contributed by atoms with Gasteiger partial charge in [0, 0.05) is 21.7 Å². The number of hydrogen-bond acceptors (Lipinski definition) is 3. The number of nitrogens with zero attached hydrogens (tertiary/aromatic N) is 3. The van der Waals surface area contributed by atoms with E-state index in [2.05, 4.69) is 70.2 Å². The van der Waals surface area contributed by atoms with Crippen LogP contribution in [0.25, 0.3) is 60.7 Å². The second kappa shape index (κ2) is 7.06. The molecular weight excluding hydrogens is 418 g/mol. The molecule has 0 fully saturated rings. The van der Waals surface area contributed by atoms with Crippen LogP contribution in [0.1, 0.15) is 5.69 Å². The number of pyridine rings is 1. The van der Waals surface area contributed by atoms with Crippen LogP contribution in [0.2, 0.25) is 0 Å². The Morgan fingerprint density at radius 3 is 2.38 bits per heavy atom. The molecule has 4 nitrogen and oxygen atoms in total. The van der Waals surface area contributed by atoms with Gasteiger partial charge in [0.15, 0.2) is 0 Å². The molecule has 0 N–H and O–H groups in total. The molecule has 4 aromatic carbocycles. The number of benzene rings is 4. The first-order valence-corrected chi connectivity index (χ1v) is 11.1. The number of aromatic nitrogens is 2. The van der Waals surface area contributed by atoms with Crippen molar-refractivity contribution in [2.75, 3.05) is 0 Å². The van der Waals surface area contributed by atoms with Gasteiger partial charge in [-0.2, -0.15) is 5.26 Å². The predicted octanol–water partition coefficient (Wildman–Crippen LogP) is 7.62. The van der Waals surface area contributed by atoms with Gasteiger partial charge in [0.1, 0.15) is 22.9 Å². The first-order chi connectivity index (χ1) is 16.8. The molecule has 0 aliphatic heterocycles. The highest BCUT2D eigenvalue weighted by Crippen LogP contribution is 2.42. The zero-order chi connectivity index (χ0) is 22.6.